The van der Waals surface area contributed by atoms with Gasteiger partial charge in [-0.1, -0.05) is 0 Å². The minimum Gasteiger partial charge on any atom is -0.347 e. The van der Waals surface area contributed by atoms with Crippen LogP contribution in [-0.4, -0.2) is 65.9 Å². The number of rotatable bonds is 3. The molecule has 0 aliphatic carbocycles. The summed E-state index contributed by atoms with van der Waals surface area (Å²) in [5.41, 5.74) is 0.868. The molecule has 7 heteroatoms. The molecule has 3 saturated heterocycles. The van der Waals surface area contributed by atoms with Gasteiger partial charge in [-0.25, -0.2) is 4.98 Å². The van der Waals surface area contributed by atoms with Gasteiger partial charge in [0, 0.05) is 25.9 Å². The molecule has 1 aromatic rings. The molecule has 0 atom stereocenters. The first-order chi connectivity index (χ1) is 11.7. The third-order valence-corrected chi connectivity index (χ3v) is 6.35. The van der Waals surface area contributed by atoms with Crippen molar-refractivity contribution in [1.29, 1.82) is 0 Å². The van der Waals surface area contributed by atoms with Crippen LogP contribution in [0.5, 0.6) is 0 Å². The predicted molar refractivity (Wildman–Crippen MR) is 91.1 cm³/mol. The highest BCUT2D eigenvalue weighted by Gasteiger charge is 2.41. The number of piperidine rings is 1. The molecule has 1 spiro atoms. The normalized spacial score (nSPS) is 24.1. The van der Waals surface area contributed by atoms with E-state index in [2.05, 4.69) is 9.88 Å². The lowest BCUT2D eigenvalue weighted by Crippen LogP contribution is -2.47. The highest BCUT2D eigenvalue weighted by Crippen LogP contribution is 2.32. The van der Waals surface area contributed by atoms with Crippen molar-refractivity contribution in [3.05, 3.63) is 15.6 Å². The van der Waals surface area contributed by atoms with Crippen molar-refractivity contribution in [3.63, 3.8) is 0 Å². The molecular formula is C17H25N3O3S. The molecule has 6 nitrogen and oxygen atoms in total. The fourth-order valence-corrected chi connectivity index (χ4v) is 4.91. The number of likely N-dealkylation sites (tertiary alicyclic amines) is 2. The lowest BCUT2D eigenvalue weighted by Gasteiger charge is -2.37. The number of hydrogen-bond acceptors (Lipinski definition) is 6. The highest BCUT2D eigenvalue weighted by molar-refractivity contribution is 7.13. The van der Waals surface area contributed by atoms with Crippen LogP contribution >= 0.6 is 11.3 Å². The Morgan fingerprint density at radius 2 is 1.83 bits per heavy atom. The Balaban J connectivity index is 1.40. The lowest BCUT2D eigenvalue weighted by molar-refractivity contribution is -0.181. The first kappa shape index (κ1) is 16.4. The number of carbonyl (C=O) groups excluding carboxylic acids is 1. The largest absolute Gasteiger partial charge is 0.347 e. The summed E-state index contributed by atoms with van der Waals surface area (Å²) in [6, 6.07) is 0. The fraction of sp³-hybridized carbons (Fsp3) is 0.765. The summed E-state index contributed by atoms with van der Waals surface area (Å²) in [6.07, 6.45) is 4.07. The Bertz CT molecular complexity index is 596. The monoisotopic (exact) mass is 351 g/mol. The van der Waals surface area contributed by atoms with Crippen LogP contribution in [0.1, 0.15) is 46.1 Å². The van der Waals surface area contributed by atoms with Crippen molar-refractivity contribution in [2.24, 2.45) is 0 Å². The summed E-state index contributed by atoms with van der Waals surface area (Å²) in [4.78, 5) is 22.7. The summed E-state index contributed by atoms with van der Waals surface area (Å²) in [6.45, 7) is 7.85. The zero-order valence-electron chi connectivity index (χ0n) is 14.3. The second-order valence-electron chi connectivity index (χ2n) is 6.91. The maximum atomic E-state index is 12.9. The smallest absolute Gasteiger partial charge is 0.265 e. The molecule has 3 aliphatic heterocycles. The van der Waals surface area contributed by atoms with Crippen LogP contribution in [0.25, 0.3) is 0 Å². The summed E-state index contributed by atoms with van der Waals surface area (Å²) < 4.78 is 11.5. The molecule has 3 aliphatic rings. The molecule has 0 saturated carbocycles. The fourth-order valence-electron chi connectivity index (χ4n) is 3.83. The zero-order chi connectivity index (χ0) is 16.6. The van der Waals surface area contributed by atoms with Gasteiger partial charge in [0.1, 0.15) is 9.88 Å². The van der Waals surface area contributed by atoms with Gasteiger partial charge in [0.05, 0.1) is 25.5 Å². The molecule has 4 heterocycles. The molecule has 1 amide bonds. The molecule has 0 bridgehead atoms. The number of carbonyl (C=O) groups is 1. The number of nitrogens with zero attached hydrogens (tertiary/aromatic N) is 3. The van der Waals surface area contributed by atoms with E-state index in [9.17, 15) is 4.79 Å². The van der Waals surface area contributed by atoms with Gasteiger partial charge >= 0.3 is 0 Å². The van der Waals surface area contributed by atoms with E-state index in [4.69, 9.17) is 9.47 Å². The summed E-state index contributed by atoms with van der Waals surface area (Å²) in [7, 11) is 0. The topological polar surface area (TPSA) is 54.9 Å². The first-order valence-corrected chi connectivity index (χ1v) is 9.73. The van der Waals surface area contributed by atoms with Gasteiger partial charge in [0.2, 0.25) is 0 Å². The van der Waals surface area contributed by atoms with Gasteiger partial charge in [0.25, 0.3) is 5.91 Å². The Labute approximate surface area is 146 Å². The standard InChI is InChI=1S/C17H25N3O3S/c1-13-15(24-14(18-13)12-19-6-2-3-7-19)16(21)20-8-4-17(5-9-20)22-10-11-23-17/h2-12H2,1H3. The number of aromatic nitrogens is 1. The van der Waals surface area contributed by atoms with Gasteiger partial charge < -0.3 is 14.4 Å². The van der Waals surface area contributed by atoms with E-state index < -0.39 is 5.79 Å². The van der Waals surface area contributed by atoms with Gasteiger partial charge in [-0.2, -0.15) is 0 Å². The van der Waals surface area contributed by atoms with Crippen molar-refractivity contribution in [2.75, 3.05) is 39.4 Å². The van der Waals surface area contributed by atoms with Crippen molar-refractivity contribution < 1.29 is 14.3 Å². The molecule has 0 radical (unpaired) electrons. The van der Waals surface area contributed by atoms with Crippen LogP contribution in [0.4, 0.5) is 0 Å². The number of aryl methyl sites for hydroxylation is 1. The third kappa shape index (κ3) is 3.22. The second-order valence-corrected chi connectivity index (χ2v) is 7.99. The molecule has 3 fully saturated rings. The lowest BCUT2D eigenvalue weighted by atomic mass is 10.0. The number of thiazole rings is 1. The third-order valence-electron chi connectivity index (χ3n) is 5.22. The van der Waals surface area contributed by atoms with Gasteiger partial charge in [-0.15, -0.1) is 11.3 Å². The molecular weight excluding hydrogens is 326 g/mol. The second kappa shape index (κ2) is 6.71. The van der Waals surface area contributed by atoms with Crippen LogP contribution in [0.2, 0.25) is 0 Å². The summed E-state index contributed by atoms with van der Waals surface area (Å²) in [5, 5.41) is 1.06. The van der Waals surface area contributed by atoms with Crippen LogP contribution < -0.4 is 0 Å². The van der Waals surface area contributed by atoms with Crippen molar-refractivity contribution >= 4 is 17.2 Å². The van der Waals surface area contributed by atoms with E-state index in [1.165, 1.54) is 12.8 Å². The number of amides is 1. The summed E-state index contributed by atoms with van der Waals surface area (Å²) >= 11 is 1.57. The maximum absolute atomic E-state index is 12.9. The Morgan fingerprint density at radius 1 is 1.17 bits per heavy atom. The van der Waals surface area contributed by atoms with E-state index in [0.717, 1.165) is 48.1 Å². The van der Waals surface area contributed by atoms with Gasteiger partial charge in [0.15, 0.2) is 5.79 Å². The van der Waals surface area contributed by atoms with Crippen LogP contribution in [0.15, 0.2) is 0 Å². The van der Waals surface area contributed by atoms with E-state index in [-0.39, 0.29) is 5.91 Å². The molecule has 0 unspecified atom stereocenters. The van der Waals surface area contributed by atoms with Crippen molar-refractivity contribution in [1.82, 2.24) is 14.8 Å². The van der Waals surface area contributed by atoms with Crippen LogP contribution in [-0.2, 0) is 16.0 Å². The molecule has 132 valence electrons. The van der Waals surface area contributed by atoms with Crippen molar-refractivity contribution in [2.45, 2.75) is 44.9 Å². The van der Waals surface area contributed by atoms with E-state index in [0.29, 0.717) is 26.3 Å². The van der Waals surface area contributed by atoms with E-state index in [1.807, 2.05) is 11.8 Å². The van der Waals surface area contributed by atoms with Crippen molar-refractivity contribution in [3.8, 4) is 0 Å². The Hall–Kier alpha value is -1.02. The number of hydrogen-bond donors (Lipinski definition) is 0. The van der Waals surface area contributed by atoms with E-state index >= 15 is 0 Å². The molecule has 4 rings (SSSR count). The van der Waals surface area contributed by atoms with Crippen LogP contribution in [0, 0.1) is 6.92 Å². The van der Waals surface area contributed by atoms with Gasteiger partial charge in [-0.3, -0.25) is 9.69 Å². The minimum atomic E-state index is -0.430. The molecule has 0 N–H and O–H groups in total. The van der Waals surface area contributed by atoms with Crippen LogP contribution in [0.3, 0.4) is 0 Å². The molecule has 0 aromatic carbocycles. The first-order valence-electron chi connectivity index (χ1n) is 8.91. The number of ether oxygens (including phenoxy) is 2. The predicted octanol–water partition coefficient (Wildman–Crippen LogP) is 2.03. The summed E-state index contributed by atoms with van der Waals surface area (Å²) in [5.74, 6) is -0.314. The van der Waals surface area contributed by atoms with E-state index in [1.54, 1.807) is 11.3 Å². The zero-order valence-corrected chi connectivity index (χ0v) is 15.1. The molecule has 1 aromatic heterocycles. The Morgan fingerprint density at radius 3 is 2.50 bits per heavy atom. The minimum absolute atomic E-state index is 0.116. The molecule has 24 heavy (non-hydrogen) atoms. The maximum Gasteiger partial charge on any atom is 0.265 e. The average molecular weight is 351 g/mol. The average Bonchev–Trinajstić information content (AvgIpc) is 3.31. The SMILES string of the molecule is Cc1nc(CN2CCCC2)sc1C(=O)N1CCC2(CC1)OCCO2. The quantitative estimate of drug-likeness (QED) is 0.834. The van der Waals surface area contributed by atoms with Gasteiger partial charge in [-0.05, 0) is 32.9 Å². The highest BCUT2D eigenvalue weighted by atomic mass is 32.1. The Kier molecular flexibility index (Phi) is 4.60.